The van der Waals surface area contributed by atoms with Crippen molar-refractivity contribution < 1.29 is 14.4 Å². The molecule has 0 radical (unpaired) electrons. The van der Waals surface area contributed by atoms with Crippen LogP contribution in [0.5, 0.6) is 0 Å². The highest BCUT2D eigenvalue weighted by Crippen LogP contribution is 2.35. The summed E-state index contributed by atoms with van der Waals surface area (Å²) in [6, 6.07) is -0.686. The average Bonchev–Trinajstić information content (AvgIpc) is 2.87. The molecule has 0 aromatic carbocycles. The van der Waals surface area contributed by atoms with Gasteiger partial charge in [-0.05, 0) is 0 Å². The zero-order valence-electron chi connectivity index (χ0n) is 8.73. The summed E-state index contributed by atoms with van der Waals surface area (Å²) in [6.07, 6.45) is 0.0411. The fourth-order valence-corrected chi connectivity index (χ4v) is 3.08. The maximum Gasteiger partial charge on any atom is 0.265 e. The summed E-state index contributed by atoms with van der Waals surface area (Å²) in [6.45, 7) is 0.314. The van der Waals surface area contributed by atoms with Crippen LogP contribution in [-0.2, 0) is 16.1 Å². The Balaban J connectivity index is 1.92. The van der Waals surface area contributed by atoms with E-state index in [1.165, 1.54) is 16.2 Å². The summed E-state index contributed by atoms with van der Waals surface area (Å²) in [4.78, 5) is 36.7. The van der Waals surface area contributed by atoms with Crippen LogP contribution in [0, 0.1) is 0 Å². The monoisotopic (exact) mass is 251 g/mol. The van der Waals surface area contributed by atoms with Crippen molar-refractivity contribution in [1.29, 1.82) is 0 Å². The summed E-state index contributed by atoms with van der Waals surface area (Å²) < 4.78 is 0. The minimum absolute atomic E-state index is 0.0411. The van der Waals surface area contributed by atoms with E-state index in [1.54, 1.807) is 5.38 Å². The lowest BCUT2D eigenvalue weighted by atomic mass is 10.2. The van der Waals surface area contributed by atoms with Crippen LogP contribution >= 0.6 is 11.3 Å². The van der Waals surface area contributed by atoms with Crippen LogP contribution in [-0.4, -0.2) is 28.7 Å². The van der Waals surface area contributed by atoms with Crippen molar-refractivity contribution in [3.8, 4) is 0 Å². The number of nitrogens with zero attached hydrogens (tertiary/aromatic N) is 1. The molecule has 3 heterocycles. The van der Waals surface area contributed by atoms with Crippen LogP contribution in [0.3, 0.4) is 0 Å². The van der Waals surface area contributed by atoms with Crippen molar-refractivity contribution in [2.24, 2.45) is 0 Å². The molecule has 3 amide bonds. The van der Waals surface area contributed by atoms with Gasteiger partial charge in [0.1, 0.15) is 6.04 Å². The molecular formula is C10H9N3O3S. The van der Waals surface area contributed by atoms with Gasteiger partial charge in [-0.1, -0.05) is 0 Å². The summed E-state index contributed by atoms with van der Waals surface area (Å²) in [5.41, 5.74) is 7.09. The highest BCUT2D eigenvalue weighted by Gasteiger charge is 2.42. The van der Waals surface area contributed by atoms with Gasteiger partial charge < -0.3 is 10.6 Å². The zero-order valence-corrected chi connectivity index (χ0v) is 9.54. The number of carbonyl (C=O) groups is 3. The molecule has 0 spiro atoms. The second kappa shape index (κ2) is 3.30. The van der Waals surface area contributed by atoms with Gasteiger partial charge in [-0.2, -0.15) is 0 Å². The Morgan fingerprint density at radius 1 is 1.41 bits per heavy atom. The highest BCUT2D eigenvalue weighted by molar-refractivity contribution is 7.12. The second-order valence-electron chi connectivity index (χ2n) is 4.06. The molecule has 88 valence electrons. The maximum atomic E-state index is 12.0. The zero-order chi connectivity index (χ0) is 12.2. The minimum Gasteiger partial charge on any atom is -0.398 e. The van der Waals surface area contributed by atoms with Crippen molar-refractivity contribution in [2.75, 3.05) is 5.73 Å². The Bertz CT molecular complexity index is 551. The number of amides is 3. The van der Waals surface area contributed by atoms with Crippen molar-refractivity contribution in [2.45, 2.75) is 19.0 Å². The Morgan fingerprint density at radius 3 is 2.76 bits per heavy atom. The fraction of sp³-hybridized carbons (Fsp3) is 0.300. The van der Waals surface area contributed by atoms with E-state index in [-0.39, 0.29) is 18.2 Å². The van der Waals surface area contributed by atoms with Gasteiger partial charge in [0.15, 0.2) is 0 Å². The van der Waals surface area contributed by atoms with E-state index in [9.17, 15) is 14.4 Å². The molecule has 2 aliphatic rings. The number of fused-ring (bicyclic) bond motifs is 1. The second-order valence-corrected chi connectivity index (χ2v) is 4.94. The molecule has 2 aliphatic heterocycles. The highest BCUT2D eigenvalue weighted by atomic mass is 32.1. The van der Waals surface area contributed by atoms with Gasteiger partial charge in [0, 0.05) is 16.6 Å². The lowest BCUT2D eigenvalue weighted by Gasteiger charge is -2.20. The molecule has 1 unspecified atom stereocenters. The molecule has 1 aromatic heterocycles. The van der Waals surface area contributed by atoms with Gasteiger partial charge in [0.25, 0.3) is 5.91 Å². The molecule has 0 bridgehead atoms. The standard InChI is InChI=1S/C10H9N3O3S/c11-5-3-17-8-4(5)2-13(10(8)16)6-1-7(14)12-9(6)15/h3,6H,1-2,11H2,(H,12,14,15). The van der Waals surface area contributed by atoms with Crippen molar-refractivity contribution >= 4 is 34.7 Å². The Hall–Kier alpha value is -1.89. The molecule has 7 heteroatoms. The first-order valence-electron chi connectivity index (χ1n) is 5.08. The van der Waals surface area contributed by atoms with E-state index in [2.05, 4.69) is 5.32 Å². The van der Waals surface area contributed by atoms with Crippen LogP contribution in [0.4, 0.5) is 5.69 Å². The van der Waals surface area contributed by atoms with Gasteiger partial charge in [-0.15, -0.1) is 11.3 Å². The molecular weight excluding hydrogens is 242 g/mol. The van der Waals surface area contributed by atoms with Gasteiger partial charge in [-0.3, -0.25) is 19.7 Å². The van der Waals surface area contributed by atoms with E-state index in [0.29, 0.717) is 17.1 Å². The molecule has 1 aromatic rings. The van der Waals surface area contributed by atoms with Gasteiger partial charge in [-0.25, -0.2) is 0 Å². The number of nitrogens with two attached hydrogens (primary N) is 1. The van der Waals surface area contributed by atoms with Gasteiger partial charge in [0.05, 0.1) is 17.8 Å². The molecule has 0 aliphatic carbocycles. The first kappa shape index (κ1) is 10.3. The number of nitrogen functional groups attached to an aromatic ring is 1. The van der Waals surface area contributed by atoms with E-state index in [4.69, 9.17) is 5.73 Å². The molecule has 1 fully saturated rings. The summed E-state index contributed by atoms with van der Waals surface area (Å²) in [5.74, 6) is -0.954. The number of carbonyl (C=O) groups excluding carboxylic acids is 3. The van der Waals surface area contributed by atoms with Crippen LogP contribution in [0.25, 0.3) is 0 Å². The molecule has 1 saturated heterocycles. The van der Waals surface area contributed by atoms with E-state index < -0.39 is 11.9 Å². The van der Waals surface area contributed by atoms with Gasteiger partial charge >= 0.3 is 0 Å². The fourth-order valence-electron chi connectivity index (χ4n) is 2.15. The van der Waals surface area contributed by atoms with Crippen LogP contribution in [0.1, 0.15) is 21.7 Å². The van der Waals surface area contributed by atoms with Crippen molar-refractivity contribution in [3.05, 3.63) is 15.8 Å². The molecule has 0 saturated carbocycles. The minimum atomic E-state index is -0.686. The summed E-state index contributed by atoms with van der Waals surface area (Å²) in [7, 11) is 0. The van der Waals surface area contributed by atoms with Crippen molar-refractivity contribution in [1.82, 2.24) is 10.2 Å². The molecule has 3 N–H and O–H groups in total. The molecule has 1 atom stereocenters. The smallest absolute Gasteiger partial charge is 0.265 e. The molecule has 17 heavy (non-hydrogen) atoms. The molecule has 3 rings (SSSR count). The number of anilines is 1. The predicted molar refractivity (Wildman–Crippen MR) is 60.2 cm³/mol. The quantitative estimate of drug-likeness (QED) is 0.670. The number of imide groups is 1. The average molecular weight is 251 g/mol. The van der Waals surface area contributed by atoms with Crippen LogP contribution in [0.15, 0.2) is 5.38 Å². The lowest BCUT2D eigenvalue weighted by molar-refractivity contribution is -0.126. The summed E-state index contributed by atoms with van der Waals surface area (Å²) in [5, 5.41) is 3.92. The maximum absolute atomic E-state index is 12.0. The van der Waals surface area contributed by atoms with Crippen LogP contribution in [0.2, 0.25) is 0 Å². The van der Waals surface area contributed by atoms with Crippen LogP contribution < -0.4 is 11.1 Å². The normalized spacial score (nSPS) is 23.2. The van der Waals surface area contributed by atoms with Crippen molar-refractivity contribution in [3.63, 3.8) is 0 Å². The Morgan fingerprint density at radius 2 is 2.18 bits per heavy atom. The first-order chi connectivity index (χ1) is 8.08. The largest absolute Gasteiger partial charge is 0.398 e. The lowest BCUT2D eigenvalue weighted by Crippen LogP contribution is -2.40. The van der Waals surface area contributed by atoms with E-state index in [0.717, 1.165) is 5.56 Å². The molecule has 6 nitrogen and oxygen atoms in total. The number of nitrogens with one attached hydrogen (secondary N) is 1. The third-order valence-corrected chi connectivity index (χ3v) is 4.06. The van der Waals surface area contributed by atoms with E-state index in [1.807, 2.05) is 0 Å². The van der Waals surface area contributed by atoms with E-state index >= 15 is 0 Å². The first-order valence-corrected chi connectivity index (χ1v) is 5.96. The number of rotatable bonds is 1. The third-order valence-electron chi connectivity index (χ3n) is 3.03. The Labute approximate surface area is 100 Å². The SMILES string of the molecule is Nc1csc2c1CN(C1CC(=O)NC1=O)C2=O. The number of thiophene rings is 1. The third kappa shape index (κ3) is 1.35. The predicted octanol–water partition coefficient (Wildman–Crippen LogP) is -0.299. The number of hydrogen-bond acceptors (Lipinski definition) is 5. The topological polar surface area (TPSA) is 92.5 Å². The van der Waals surface area contributed by atoms with Gasteiger partial charge in [0.2, 0.25) is 11.8 Å². The summed E-state index contributed by atoms with van der Waals surface area (Å²) >= 11 is 1.28. The number of hydrogen-bond donors (Lipinski definition) is 2. The Kier molecular flexibility index (Phi) is 1.99.